The number of cyclic esters (lactones) is 1. The summed E-state index contributed by atoms with van der Waals surface area (Å²) in [7, 11) is -3.87. The molecule has 14 heteroatoms. The minimum Gasteiger partial charge on any atom is -0.472 e. The van der Waals surface area contributed by atoms with Crippen molar-refractivity contribution >= 4 is 50.8 Å². The van der Waals surface area contributed by atoms with Gasteiger partial charge in [0.15, 0.2) is 0 Å². The number of amides is 4. The third-order valence-electron chi connectivity index (χ3n) is 9.34. The predicted octanol–water partition coefficient (Wildman–Crippen LogP) is 2.95. The van der Waals surface area contributed by atoms with Gasteiger partial charge in [0.25, 0.3) is 5.91 Å². The summed E-state index contributed by atoms with van der Waals surface area (Å²) in [6, 6.07) is 7.50. The highest BCUT2D eigenvalue weighted by Gasteiger charge is 2.62. The number of nitrogens with zero attached hydrogens (tertiary/aromatic N) is 2. The molecule has 48 heavy (non-hydrogen) atoms. The van der Waals surface area contributed by atoms with Crippen molar-refractivity contribution in [2.45, 2.75) is 87.3 Å². The summed E-state index contributed by atoms with van der Waals surface area (Å²) in [5, 5.41) is 5.63. The van der Waals surface area contributed by atoms with Gasteiger partial charge in [-0.1, -0.05) is 36.4 Å². The Morgan fingerprint density at radius 2 is 1.96 bits per heavy atom. The van der Waals surface area contributed by atoms with Gasteiger partial charge in [-0.3, -0.25) is 19.1 Å². The van der Waals surface area contributed by atoms with E-state index in [0.29, 0.717) is 25.1 Å². The Morgan fingerprint density at radius 1 is 1.17 bits per heavy atom. The number of carbonyl (C=O) groups excluding carboxylic acids is 4. The molecule has 1 aromatic carbocycles. The Balaban J connectivity index is 1.29. The van der Waals surface area contributed by atoms with Gasteiger partial charge in [0.2, 0.25) is 27.7 Å². The molecule has 5 atom stereocenters. The predicted molar refractivity (Wildman–Crippen MR) is 177 cm³/mol. The zero-order valence-corrected chi connectivity index (χ0v) is 27.7. The maximum atomic E-state index is 14.0. The summed E-state index contributed by atoms with van der Waals surface area (Å²) >= 11 is 0. The van der Waals surface area contributed by atoms with Gasteiger partial charge in [0.05, 0.1) is 23.9 Å². The second-order valence-electron chi connectivity index (χ2n) is 13.0. The standard InChI is InChI=1S/C34H41N5O8S/c1-3-24-19-34(24,32(42)38-48(44,45)26-14-15-26)37-29(40)28-18-25-20-39(28)31(41)21(2)35-33(43)46-16-10-6-4-5-7-12-23-17-22-11-8-9-13-27(22)36-30(23)47-25/h3,7-9,11-13,17,21,24-26,28H,1,4-6,10,14-16,18-20H2,2H3,(H,35,43)(H,37,40)(H,38,42)/b12-7+/t21-,24?,25+,28-,34+/m0/s1. The van der Waals surface area contributed by atoms with Crippen LogP contribution in [-0.4, -0.2) is 84.2 Å². The Kier molecular flexibility index (Phi) is 9.46. The summed E-state index contributed by atoms with van der Waals surface area (Å²) in [5.74, 6) is -2.16. The second kappa shape index (κ2) is 13.6. The monoisotopic (exact) mass is 679 g/mol. The maximum absolute atomic E-state index is 14.0. The zero-order valence-electron chi connectivity index (χ0n) is 26.9. The Morgan fingerprint density at radius 3 is 2.71 bits per heavy atom. The first-order valence-corrected chi connectivity index (χ1v) is 18.0. The van der Waals surface area contributed by atoms with E-state index in [1.807, 2.05) is 42.5 Å². The molecule has 2 aliphatic heterocycles. The van der Waals surface area contributed by atoms with Gasteiger partial charge in [-0.25, -0.2) is 18.2 Å². The van der Waals surface area contributed by atoms with Crippen LogP contribution in [0.15, 0.2) is 49.1 Å². The van der Waals surface area contributed by atoms with E-state index in [2.05, 4.69) is 21.9 Å². The molecule has 3 N–H and O–H groups in total. The molecule has 2 bridgehead atoms. The van der Waals surface area contributed by atoms with Crippen LogP contribution >= 0.6 is 0 Å². The number of hydrogen-bond donors (Lipinski definition) is 3. The van der Waals surface area contributed by atoms with Crippen molar-refractivity contribution < 1.29 is 37.1 Å². The molecule has 4 amide bonds. The second-order valence-corrected chi connectivity index (χ2v) is 15.0. The van der Waals surface area contributed by atoms with E-state index < -0.39 is 68.7 Å². The highest BCUT2D eigenvalue weighted by molar-refractivity contribution is 7.91. The van der Waals surface area contributed by atoms with Crippen molar-refractivity contribution in [2.24, 2.45) is 5.92 Å². The average Bonchev–Trinajstić information content (AvgIpc) is 3.98. The van der Waals surface area contributed by atoms with Gasteiger partial charge < -0.3 is 25.0 Å². The maximum Gasteiger partial charge on any atom is 0.407 e. The molecule has 2 saturated carbocycles. The quantitative estimate of drug-likeness (QED) is 0.388. The van der Waals surface area contributed by atoms with Crippen molar-refractivity contribution in [3.05, 3.63) is 54.6 Å². The lowest BCUT2D eigenvalue weighted by atomic mass is 10.1. The summed E-state index contributed by atoms with van der Waals surface area (Å²) in [4.78, 5) is 59.7. The number of carbonyl (C=O) groups is 4. The van der Waals surface area contributed by atoms with Crippen LogP contribution in [0.5, 0.6) is 5.88 Å². The topological polar surface area (TPSA) is 173 Å². The molecule has 1 aromatic heterocycles. The van der Waals surface area contributed by atoms with Crippen LogP contribution in [0.1, 0.15) is 63.9 Å². The molecule has 4 aliphatic rings. The molecule has 3 fully saturated rings. The molecule has 256 valence electrons. The van der Waals surface area contributed by atoms with Gasteiger partial charge in [-0.2, -0.15) is 0 Å². The number of hydrogen-bond acceptors (Lipinski definition) is 9. The van der Waals surface area contributed by atoms with Gasteiger partial charge in [-0.05, 0) is 64.0 Å². The van der Waals surface area contributed by atoms with Crippen LogP contribution in [0.4, 0.5) is 4.79 Å². The Labute approximate surface area is 279 Å². The van der Waals surface area contributed by atoms with Crippen LogP contribution in [0.2, 0.25) is 0 Å². The van der Waals surface area contributed by atoms with E-state index in [1.165, 1.54) is 17.9 Å². The fourth-order valence-electron chi connectivity index (χ4n) is 6.33. The first kappa shape index (κ1) is 33.4. The van der Waals surface area contributed by atoms with Gasteiger partial charge in [0, 0.05) is 23.3 Å². The van der Waals surface area contributed by atoms with Gasteiger partial charge >= 0.3 is 6.09 Å². The highest BCUT2D eigenvalue weighted by Crippen LogP contribution is 2.45. The first-order chi connectivity index (χ1) is 23.0. The van der Waals surface area contributed by atoms with Crippen LogP contribution in [-0.2, 0) is 29.1 Å². The van der Waals surface area contributed by atoms with Gasteiger partial charge in [-0.15, -0.1) is 6.58 Å². The zero-order chi connectivity index (χ0) is 34.1. The van der Waals surface area contributed by atoms with E-state index in [-0.39, 0.29) is 26.0 Å². The van der Waals surface area contributed by atoms with Crippen molar-refractivity contribution in [2.75, 3.05) is 13.2 Å². The third-order valence-corrected chi connectivity index (χ3v) is 11.2. The summed E-state index contributed by atoms with van der Waals surface area (Å²) in [6.07, 6.45) is 8.43. The molecule has 13 nitrogen and oxygen atoms in total. The lowest BCUT2D eigenvalue weighted by Crippen LogP contribution is -2.58. The van der Waals surface area contributed by atoms with E-state index >= 15 is 0 Å². The lowest BCUT2D eigenvalue weighted by molar-refractivity contribution is -0.140. The van der Waals surface area contributed by atoms with Crippen molar-refractivity contribution in [3.63, 3.8) is 0 Å². The highest BCUT2D eigenvalue weighted by atomic mass is 32.2. The first-order valence-electron chi connectivity index (χ1n) is 16.5. The molecule has 1 saturated heterocycles. The molecule has 0 spiro atoms. The number of rotatable bonds is 6. The normalized spacial score (nSPS) is 28.8. The molecule has 3 heterocycles. The number of benzene rings is 1. The Bertz CT molecular complexity index is 1760. The van der Waals surface area contributed by atoms with E-state index in [9.17, 15) is 27.6 Å². The smallest absolute Gasteiger partial charge is 0.407 e. The number of ether oxygens (including phenoxy) is 2. The summed E-state index contributed by atoms with van der Waals surface area (Å²) in [6.45, 7) is 5.45. The van der Waals surface area contributed by atoms with E-state index in [4.69, 9.17) is 14.5 Å². The Hall–Kier alpha value is -4.46. The van der Waals surface area contributed by atoms with Crippen molar-refractivity contribution in [1.29, 1.82) is 0 Å². The fraction of sp³-hybridized carbons (Fsp3) is 0.500. The number of fused-ring (bicyclic) bond motifs is 4. The molecule has 1 unspecified atom stereocenters. The van der Waals surface area contributed by atoms with Crippen molar-refractivity contribution in [1.82, 2.24) is 25.2 Å². The number of nitrogens with one attached hydrogen (secondary N) is 3. The number of pyridine rings is 1. The number of sulfonamides is 1. The molecular weight excluding hydrogens is 638 g/mol. The fourth-order valence-corrected chi connectivity index (χ4v) is 7.69. The molecule has 0 radical (unpaired) electrons. The van der Waals surface area contributed by atoms with Crippen LogP contribution < -0.4 is 20.1 Å². The minimum absolute atomic E-state index is 0.00418. The lowest BCUT2D eigenvalue weighted by Gasteiger charge is -2.28. The van der Waals surface area contributed by atoms with Crippen LogP contribution in [0.3, 0.4) is 0 Å². The van der Waals surface area contributed by atoms with E-state index in [1.54, 1.807) is 0 Å². The van der Waals surface area contributed by atoms with Gasteiger partial charge in [0.1, 0.15) is 23.7 Å². The minimum atomic E-state index is -3.87. The molecular formula is C34H41N5O8S. The third kappa shape index (κ3) is 7.18. The molecule has 6 rings (SSSR count). The van der Waals surface area contributed by atoms with Crippen LogP contribution in [0, 0.1) is 5.92 Å². The molecule has 2 aromatic rings. The van der Waals surface area contributed by atoms with Crippen molar-refractivity contribution in [3.8, 4) is 5.88 Å². The number of para-hydroxylation sites is 1. The number of allylic oxidation sites excluding steroid dienone is 1. The average molecular weight is 680 g/mol. The van der Waals surface area contributed by atoms with Crippen LogP contribution in [0.25, 0.3) is 17.0 Å². The largest absolute Gasteiger partial charge is 0.472 e. The summed E-state index contributed by atoms with van der Waals surface area (Å²) < 4.78 is 39.0. The number of aromatic nitrogens is 1. The summed E-state index contributed by atoms with van der Waals surface area (Å²) in [5.41, 5.74) is -0.0442. The number of alkyl carbamates (subject to hydrolysis) is 1. The SMILES string of the molecule is C=CC1C[C@]1(NC(=O)[C@@H]1C[C@@H]2CN1C(=O)[C@H](C)NC(=O)OCCCCC/C=C/c1cc3ccccc3nc1O2)C(=O)NS(=O)(=O)C1CC1. The molecule has 2 aliphatic carbocycles. The van der Waals surface area contributed by atoms with E-state index in [0.717, 1.165) is 35.7 Å².